The van der Waals surface area contributed by atoms with E-state index in [1.165, 1.54) is 11.1 Å². The lowest BCUT2D eigenvalue weighted by Crippen LogP contribution is -2.17. The van der Waals surface area contributed by atoms with Gasteiger partial charge in [0, 0.05) is 0 Å². The average Bonchev–Trinajstić information content (AvgIpc) is 2.40. The monoisotopic (exact) mass is 292 g/mol. The van der Waals surface area contributed by atoms with Crippen LogP contribution in [0.2, 0.25) is 0 Å². The largest absolute Gasteiger partial charge is 0.496 e. The first kappa shape index (κ1) is 20.0. The predicted octanol–water partition coefficient (Wildman–Crippen LogP) is 6.38. The molecule has 1 nitrogen and oxygen atoms in total. The van der Waals surface area contributed by atoms with Gasteiger partial charge in [-0.3, -0.25) is 0 Å². The van der Waals surface area contributed by atoms with Crippen LogP contribution in [0.3, 0.4) is 0 Å². The maximum atomic E-state index is 5.80. The summed E-state index contributed by atoms with van der Waals surface area (Å²) in [7, 11) is 1.78. The fourth-order valence-corrected chi connectivity index (χ4v) is 2.19. The Labute approximate surface area is 133 Å². The molecule has 0 fully saturated rings. The van der Waals surface area contributed by atoms with Gasteiger partial charge in [-0.1, -0.05) is 74.1 Å². The van der Waals surface area contributed by atoms with Gasteiger partial charge in [-0.2, -0.15) is 0 Å². The van der Waals surface area contributed by atoms with Gasteiger partial charge in [0.1, 0.15) is 5.76 Å². The summed E-state index contributed by atoms with van der Waals surface area (Å²) in [5.41, 5.74) is 2.78. The Bertz CT molecular complexity index is 391. The highest BCUT2D eigenvalue weighted by Gasteiger charge is 2.23. The van der Waals surface area contributed by atoms with Gasteiger partial charge in [-0.05, 0) is 40.7 Å². The molecule has 0 aliphatic rings. The summed E-state index contributed by atoms with van der Waals surface area (Å²) in [6.45, 7) is 22.0. The van der Waals surface area contributed by atoms with Crippen molar-refractivity contribution in [3.05, 3.63) is 35.6 Å². The van der Waals surface area contributed by atoms with Gasteiger partial charge < -0.3 is 4.74 Å². The maximum Gasteiger partial charge on any atom is 0.125 e. The molecule has 1 heteroatoms. The van der Waals surface area contributed by atoms with Crippen molar-refractivity contribution in [1.29, 1.82) is 0 Å². The van der Waals surface area contributed by atoms with E-state index >= 15 is 0 Å². The van der Waals surface area contributed by atoms with Crippen LogP contribution in [0.5, 0.6) is 0 Å². The second kappa shape index (κ2) is 8.46. The Hall–Kier alpha value is -0.980. The Morgan fingerprint density at radius 3 is 1.95 bits per heavy atom. The number of ether oxygens (including phenoxy) is 1. The van der Waals surface area contributed by atoms with Gasteiger partial charge in [0.05, 0.1) is 7.11 Å². The average molecular weight is 293 g/mol. The van der Waals surface area contributed by atoms with Crippen molar-refractivity contribution in [2.45, 2.75) is 61.8 Å². The van der Waals surface area contributed by atoms with E-state index in [1.807, 2.05) is 6.08 Å². The van der Waals surface area contributed by atoms with E-state index in [0.717, 1.165) is 12.2 Å². The minimum absolute atomic E-state index is 0.254. The third-order valence-corrected chi connectivity index (χ3v) is 4.51. The van der Waals surface area contributed by atoms with Crippen LogP contribution in [0.4, 0.5) is 0 Å². The summed E-state index contributed by atoms with van der Waals surface area (Å²) >= 11 is 0. The molecule has 0 aliphatic heterocycles. The molecule has 0 heterocycles. The normalized spacial score (nSPS) is 17.3. The first-order valence-corrected chi connectivity index (χ1v) is 8.22. The van der Waals surface area contributed by atoms with Crippen molar-refractivity contribution in [2.24, 2.45) is 23.2 Å². The van der Waals surface area contributed by atoms with Crippen LogP contribution in [-0.4, -0.2) is 7.11 Å². The molecule has 0 N–H and O–H groups in total. The third-order valence-electron chi connectivity index (χ3n) is 4.51. The van der Waals surface area contributed by atoms with E-state index in [1.54, 1.807) is 7.11 Å². The van der Waals surface area contributed by atoms with Crippen LogP contribution in [0.15, 0.2) is 35.6 Å². The molecular weight excluding hydrogens is 256 g/mol. The maximum absolute atomic E-state index is 5.80. The molecule has 2 atom stereocenters. The van der Waals surface area contributed by atoms with Crippen LogP contribution in [0.1, 0.15) is 61.8 Å². The topological polar surface area (TPSA) is 9.23 Å². The summed E-state index contributed by atoms with van der Waals surface area (Å²) in [5.74, 6) is 2.40. The van der Waals surface area contributed by atoms with Crippen LogP contribution in [0, 0.1) is 23.2 Å². The number of methoxy groups -OCH3 is 1. The van der Waals surface area contributed by atoms with Crippen molar-refractivity contribution < 1.29 is 4.74 Å². The van der Waals surface area contributed by atoms with Gasteiger partial charge in [0.2, 0.25) is 0 Å². The Morgan fingerprint density at radius 2 is 1.67 bits per heavy atom. The molecule has 0 aliphatic carbocycles. The minimum Gasteiger partial charge on any atom is -0.496 e. The smallest absolute Gasteiger partial charge is 0.125 e. The van der Waals surface area contributed by atoms with Gasteiger partial charge >= 0.3 is 0 Å². The third kappa shape index (κ3) is 5.73. The summed E-state index contributed by atoms with van der Waals surface area (Å²) in [5, 5.41) is 0. The zero-order chi connectivity index (χ0) is 16.8. The lowest BCUT2D eigenvalue weighted by atomic mass is 9.79. The molecule has 0 saturated carbocycles. The van der Waals surface area contributed by atoms with Gasteiger partial charge in [-0.15, -0.1) is 0 Å². The minimum atomic E-state index is 0.254. The van der Waals surface area contributed by atoms with E-state index in [2.05, 4.69) is 68.0 Å². The van der Waals surface area contributed by atoms with E-state index in [4.69, 9.17) is 4.74 Å². The van der Waals surface area contributed by atoms with E-state index in [9.17, 15) is 0 Å². The molecule has 21 heavy (non-hydrogen) atoms. The lowest BCUT2D eigenvalue weighted by molar-refractivity contribution is 0.279. The van der Waals surface area contributed by atoms with Crippen molar-refractivity contribution in [2.75, 3.05) is 7.11 Å². The molecule has 0 rings (SSSR count). The molecule has 0 radical (unpaired) electrons. The van der Waals surface area contributed by atoms with E-state index < -0.39 is 0 Å². The molecule has 0 aromatic carbocycles. The fourth-order valence-electron chi connectivity index (χ4n) is 2.19. The van der Waals surface area contributed by atoms with Crippen molar-refractivity contribution >= 4 is 0 Å². The number of allylic oxidation sites excluding steroid dienone is 4. The first-order valence-electron chi connectivity index (χ1n) is 8.22. The molecule has 122 valence electrons. The molecule has 0 saturated heterocycles. The molecule has 0 amide bonds. The number of rotatable bonds is 7. The fraction of sp³-hybridized carbons (Fsp3) is 0.700. The zero-order valence-electron chi connectivity index (χ0n) is 15.7. The Balaban J connectivity index is 5.98. The quantitative estimate of drug-likeness (QED) is 0.390. The summed E-state index contributed by atoms with van der Waals surface area (Å²) in [6, 6.07) is 0. The zero-order valence-corrected chi connectivity index (χ0v) is 15.7. The van der Waals surface area contributed by atoms with Crippen LogP contribution in [0.25, 0.3) is 0 Å². The van der Waals surface area contributed by atoms with E-state index in [-0.39, 0.29) is 5.41 Å². The van der Waals surface area contributed by atoms with Gasteiger partial charge in [0.25, 0.3) is 0 Å². The Morgan fingerprint density at radius 1 is 1.14 bits per heavy atom. The van der Waals surface area contributed by atoms with Gasteiger partial charge in [0.15, 0.2) is 0 Å². The van der Waals surface area contributed by atoms with Crippen LogP contribution < -0.4 is 0 Å². The van der Waals surface area contributed by atoms with Gasteiger partial charge in [-0.25, -0.2) is 0 Å². The highest BCUT2D eigenvalue weighted by atomic mass is 16.5. The highest BCUT2D eigenvalue weighted by molar-refractivity contribution is 5.38. The lowest BCUT2D eigenvalue weighted by Gasteiger charge is -2.28. The molecule has 0 spiro atoms. The second-order valence-corrected chi connectivity index (χ2v) is 7.43. The molecule has 2 unspecified atom stereocenters. The summed E-state index contributed by atoms with van der Waals surface area (Å²) in [6.07, 6.45) is 5.44. The van der Waals surface area contributed by atoms with Crippen molar-refractivity contribution in [3.8, 4) is 0 Å². The summed E-state index contributed by atoms with van der Waals surface area (Å²) < 4.78 is 5.80. The predicted molar refractivity (Wildman–Crippen MR) is 95.2 cm³/mol. The van der Waals surface area contributed by atoms with E-state index in [0.29, 0.717) is 17.8 Å². The number of hydrogen-bond acceptors (Lipinski definition) is 1. The summed E-state index contributed by atoms with van der Waals surface area (Å²) in [4.78, 5) is 0. The van der Waals surface area contributed by atoms with Crippen LogP contribution in [-0.2, 0) is 4.74 Å². The molecule has 0 aromatic heterocycles. The van der Waals surface area contributed by atoms with Crippen molar-refractivity contribution in [1.82, 2.24) is 0 Å². The van der Waals surface area contributed by atoms with Crippen LogP contribution >= 0.6 is 0 Å². The molecule has 0 bridgehead atoms. The second-order valence-electron chi connectivity index (χ2n) is 7.43. The SMILES string of the molecule is C=C/C(=C(OC)\C(=C/C(C)C(C)(C)C)C(C)C)C(C)CC. The highest BCUT2D eigenvalue weighted by Crippen LogP contribution is 2.34. The molecular formula is C20H36O. The first-order chi connectivity index (χ1) is 9.59. The number of hydrogen-bond donors (Lipinski definition) is 0. The molecule has 0 aromatic rings. The van der Waals surface area contributed by atoms with Crippen molar-refractivity contribution in [3.63, 3.8) is 0 Å². The Kier molecular flexibility index (Phi) is 8.06. The standard InChI is InChI=1S/C20H36O/c1-11-15(5)17(12-2)19(21-10)18(14(3)4)13-16(6)20(7,8)9/h12-16H,2,11H2,1,3-10H3/b18-13-,19-17-.